The number of nitrogens with one attached hydrogen (secondary N) is 1. The van der Waals surface area contributed by atoms with Gasteiger partial charge in [0, 0.05) is 11.4 Å². The minimum absolute atomic E-state index is 0.0342. The minimum Gasteiger partial charge on any atom is -0.494 e. The molecule has 0 saturated heterocycles. The van der Waals surface area contributed by atoms with Crippen LogP contribution in [0.3, 0.4) is 0 Å². The summed E-state index contributed by atoms with van der Waals surface area (Å²) in [5.74, 6) is 0.137. The van der Waals surface area contributed by atoms with Crippen molar-refractivity contribution < 1.29 is 17.5 Å². The lowest BCUT2D eigenvalue weighted by molar-refractivity contribution is 0.340. The van der Waals surface area contributed by atoms with Gasteiger partial charge in [-0.3, -0.25) is 5.01 Å². The Morgan fingerprint density at radius 1 is 1.11 bits per heavy atom. The third-order valence-corrected chi connectivity index (χ3v) is 7.69. The third-order valence-electron chi connectivity index (χ3n) is 5.61. The average Bonchev–Trinajstić information content (AvgIpc) is 3.24. The average molecular weight is 536 g/mol. The number of hydrogen-bond donors (Lipinski definition) is 1. The molecule has 10 heteroatoms. The van der Waals surface area contributed by atoms with Crippen molar-refractivity contribution in [1.82, 2.24) is 4.72 Å². The van der Waals surface area contributed by atoms with Gasteiger partial charge in [-0.1, -0.05) is 41.4 Å². The van der Waals surface area contributed by atoms with Crippen molar-refractivity contribution in [3.8, 4) is 5.75 Å². The number of hydrazone groups is 1. The van der Waals surface area contributed by atoms with E-state index >= 15 is 0 Å². The first-order valence-electron chi connectivity index (χ1n) is 11.0. The van der Waals surface area contributed by atoms with E-state index in [1.807, 2.05) is 31.2 Å². The molecule has 184 valence electrons. The Kier molecular flexibility index (Phi) is 7.66. The monoisotopic (exact) mass is 535 g/mol. The maximum Gasteiger partial charge on any atom is 0.241 e. The lowest BCUT2D eigenvalue weighted by Gasteiger charge is -2.25. The molecule has 1 atom stereocenters. The zero-order chi connectivity index (χ0) is 25.2. The fraction of sp³-hybridized carbons (Fsp3) is 0.240. The summed E-state index contributed by atoms with van der Waals surface area (Å²) < 4.78 is 47.5. The lowest BCUT2D eigenvalue weighted by atomic mass is 10.0. The molecule has 0 radical (unpaired) electrons. The van der Waals surface area contributed by atoms with E-state index in [1.165, 1.54) is 12.1 Å². The van der Waals surface area contributed by atoms with Crippen LogP contribution in [-0.2, 0) is 10.0 Å². The van der Waals surface area contributed by atoms with Crippen molar-refractivity contribution in [3.05, 3.63) is 87.7 Å². The summed E-state index contributed by atoms with van der Waals surface area (Å²) >= 11 is 12.6. The number of halogens is 3. The summed E-state index contributed by atoms with van der Waals surface area (Å²) in [4.78, 5) is -0.100. The molecule has 0 aliphatic carbocycles. The predicted octanol–water partition coefficient (Wildman–Crippen LogP) is 6.13. The molecule has 0 bridgehead atoms. The fourth-order valence-corrected chi connectivity index (χ4v) is 5.67. The van der Waals surface area contributed by atoms with E-state index in [1.54, 1.807) is 30.1 Å². The van der Waals surface area contributed by atoms with Gasteiger partial charge in [-0.05, 0) is 67.4 Å². The Balaban J connectivity index is 1.62. The van der Waals surface area contributed by atoms with E-state index < -0.39 is 15.8 Å². The Morgan fingerprint density at radius 3 is 2.54 bits per heavy atom. The quantitative estimate of drug-likeness (QED) is 0.376. The number of rotatable bonds is 8. The minimum atomic E-state index is -3.94. The Hall–Kier alpha value is -2.65. The van der Waals surface area contributed by atoms with Crippen LogP contribution in [0.25, 0.3) is 0 Å². The summed E-state index contributed by atoms with van der Waals surface area (Å²) in [6.45, 7) is 4.07. The first-order valence-corrected chi connectivity index (χ1v) is 13.2. The van der Waals surface area contributed by atoms with E-state index in [-0.39, 0.29) is 17.5 Å². The van der Waals surface area contributed by atoms with E-state index in [9.17, 15) is 12.8 Å². The molecule has 35 heavy (non-hydrogen) atoms. The molecular formula is C25H24Cl2FN3O3S. The molecule has 6 nitrogen and oxygen atoms in total. The highest BCUT2D eigenvalue weighted by molar-refractivity contribution is 7.89. The first-order chi connectivity index (χ1) is 16.7. The topological polar surface area (TPSA) is 71.0 Å². The van der Waals surface area contributed by atoms with Gasteiger partial charge in [0.2, 0.25) is 10.0 Å². The van der Waals surface area contributed by atoms with Crippen molar-refractivity contribution in [1.29, 1.82) is 0 Å². The second-order valence-electron chi connectivity index (χ2n) is 8.06. The third kappa shape index (κ3) is 5.78. The van der Waals surface area contributed by atoms with Crippen molar-refractivity contribution in [3.63, 3.8) is 0 Å². The molecule has 1 aliphatic rings. The Bertz CT molecular complexity index is 1360. The number of nitrogens with zero attached hydrogens (tertiary/aromatic N) is 2. The van der Waals surface area contributed by atoms with Gasteiger partial charge in [-0.2, -0.15) is 5.10 Å². The second-order valence-corrected chi connectivity index (χ2v) is 10.6. The number of anilines is 1. The molecule has 0 spiro atoms. The highest BCUT2D eigenvalue weighted by Gasteiger charge is 2.31. The van der Waals surface area contributed by atoms with Crippen molar-refractivity contribution >= 4 is 44.6 Å². The van der Waals surface area contributed by atoms with Crippen LogP contribution >= 0.6 is 23.2 Å². The fourth-order valence-electron chi connectivity index (χ4n) is 3.90. The Morgan fingerprint density at radius 2 is 1.86 bits per heavy atom. The van der Waals surface area contributed by atoms with Crippen molar-refractivity contribution in [2.75, 3.05) is 18.2 Å². The van der Waals surface area contributed by atoms with Gasteiger partial charge in [0.1, 0.15) is 11.6 Å². The number of benzene rings is 3. The standard InChI is InChI=1S/C25H24Cl2FN3O3S/c1-3-34-21-9-5-17(6-10-21)24-14-20(30-31(24)23-11-7-18(26)12-22(23)27)15-29-35(32,33)25-13-19(28)8-4-16(25)2/h4-13,24,29H,3,14-15H2,1-2H3. The SMILES string of the molecule is CCOc1ccc(C2CC(CNS(=O)(=O)c3cc(F)ccc3C)=NN2c2ccc(Cl)cc2Cl)cc1. The summed E-state index contributed by atoms with van der Waals surface area (Å²) in [7, 11) is -3.94. The maximum absolute atomic E-state index is 13.7. The molecule has 3 aromatic rings. The molecule has 1 unspecified atom stereocenters. The zero-order valence-electron chi connectivity index (χ0n) is 19.1. The van der Waals surface area contributed by atoms with Gasteiger partial charge in [0.15, 0.2) is 0 Å². The second kappa shape index (κ2) is 10.5. The number of hydrogen-bond acceptors (Lipinski definition) is 5. The van der Waals surface area contributed by atoms with Gasteiger partial charge in [0.05, 0.1) is 40.5 Å². The van der Waals surface area contributed by atoms with Crippen LogP contribution < -0.4 is 14.5 Å². The number of aryl methyl sites for hydroxylation is 1. The van der Waals surface area contributed by atoms with Crippen LogP contribution in [0.2, 0.25) is 10.0 Å². The maximum atomic E-state index is 13.7. The van der Waals surface area contributed by atoms with Crippen LogP contribution in [0.1, 0.15) is 30.5 Å². The number of sulfonamides is 1. The molecule has 4 rings (SSSR count). The van der Waals surface area contributed by atoms with Crippen LogP contribution in [0.5, 0.6) is 5.75 Å². The molecule has 1 N–H and O–H groups in total. The van der Waals surface area contributed by atoms with Crippen molar-refractivity contribution in [2.45, 2.75) is 31.2 Å². The first kappa shape index (κ1) is 25.4. The molecule has 1 aliphatic heterocycles. The summed E-state index contributed by atoms with van der Waals surface area (Å²) in [6, 6.07) is 16.2. The van der Waals surface area contributed by atoms with Gasteiger partial charge in [-0.15, -0.1) is 0 Å². The van der Waals surface area contributed by atoms with E-state index in [2.05, 4.69) is 4.72 Å². The molecule has 0 fully saturated rings. The number of ether oxygens (including phenoxy) is 1. The van der Waals surface area contributed by atoms with Crippen LogP contribution in [0, 0.1) is 12.7 Å². The van der Waals surface area contributed by atoms with Gasteiger partial charge < -0.3 is 4.74 Å². The van der Waals surface area contributed by atoms with Crippen LogP contribution in [-0.4, -0.2) is 27.3 Å². The highest BCUT2D eigenvalue weighted by Crippen LogP contribution is 2.40. The predicted molar refractivity (Wildman–Crippen MR) is 138 cm³/mol. The summed E-state index contributed by atoms with van der Waals surface area (Å²) in [6.07, 6.45) is 0.456. The smallest absolute Gasteiger partial charge is 0.241 e. The molecule has 3 aromatic carbocycles. The van der Waals surface area contributed by atoms with Crippen molar-refractivity contribution in [2.24, 2.45) is 5.10 Å². The molecule has 0 amide bonds. The molecule has 1 heterocycles. The van der Waals surface area contributed by atoms with Gasteiger partial charge in [0.25, 0.3) is 0 Å². The van der Waals surface area contributed by atoms with Gasteiger partial charge in [-0.25, -0.2) is 17.5 Å². The van der Waals surface area contributed by atoms with Crippen LogP contribution in [0.15, 0.2) is 70.7 Å². The van der Waals surface area contributed by atoms with E-state index in [4.69, 9.17) is 33.0 Å². The summed E-state index contributed by atoms with van der Waals surface area (Å²) in [5.41, 5.74) is 2.66. The molecular weight excluding hydrogens is 512 g/mol. The zero-order valence-corrected chi connectivity index (χ0v) is 21.5. The van der Waals surface area contributed by atoms with E-state index in [0.717, 1.165) is 17.4 Å². The van der Waals surface area contributed by atoms with Gasteiger partial charge >= 0.3 is 0 Å². The molecule has 0 aromatic heterocycles. The van der Waals surface area contributed by atoms with Crippen LogP contribution in [0.4, 0.5) is 10.1 Å². The molecule has 0 saturated carbocycles. The summed E-state index contributed by atoms with van der Waals surface area (Å²) in [5, 5.41) is 7.39. The highest BCUT2D eigenvalue weighted by atomic mass is 35.5. The largest absolute Gasteiger partial charge is 0.494 e. The lowest BCUT2D eigenvalue weighted by Crippen LogP contribution is -2.29. The Labute approximate surface area is 214 Å². The van der Waals surface area contributed by atoms with E-state index in [0.29, 0.717) is 40.0 Å². The normalized spacial score (nSPS) is 15.9.